The van der Waals surface area contributed by atoms with Crippen molar-refractivity contribution in [3.8, 4) is 5.75 Å². The van der Waals surface area contributed by atoms with E-state index in [9.17, 15) is 14.7 Å². The van der Waals surface area contributed by atoms with Gasteiger partial charge in [0.05, 0.1) is 0 Å². The number of unbranched alkanes of at least 4 members (excludes halogenated alkanes) is 1. The Morgan fingerprint density at radius 3 is 2.51 bits per heavy atom. The van der Waals surface area contributed by atoms with Gasteiger partial charge in [0.2, 0.25) is 0 Å². The normalized spacial score (nSPS) is 13.3. The zero-order chi connectivity index (χ0) is 27.3. The Balaban J connectivity index is 1.29. The lowest BCUT2D eigenvalue weighted by atomic mass is 10.1. The lowest BCUT2D eigenvalue weighted by Crippen LogP contribution is -2.43. The largest absolute Gasteiger partial charge is 0.492 e. The maximum Gasteiger partial charge on any atom is 0.326 e. The van der Waals surface area contributed by atoms with E-state index in [-0.39, 0.29) is 5.91 Å². The number of ether oxygens (including phenoxy) is 1. The number of carbonyl (C=O) groups is 2. The van der Waals surface area contributed by atoms with Gasteiger partial charge in [-0.1, -0.05) is 42.5 Å². The summed E-state index contributed by atoms with van der Waals surface area (Å²) in [6.07, 6.45) is 5.36. The highest BCUT2D eigenvalue weighted by atomic mass is 16.5. The monoisotopic (exact) mass is 530 g/mol. The average Bonchev–Trinajstić information content (AvgIpc) is 2.97. The topological polar surface area (TPSA) is 104 Å². The highest BCUT2D eigenvalue weighted by Crippen LogP contribution is 2.20. The van der Waals surface area contributed by atoms with E-state index >= 15 is 0 Å². The molecule has 2 heterocycles. The van der Waals surface area contributed by atoms with E-state index in [1.165, 1.54) is 5.56 Å². The summed E-state index contributed by atoms with van der Waals surface area (Å²) >= 11 is 0. The van der Waals surface area contributed by atoms with Crippen LogP contribution in [-0.4, -0.2) is 65.7 Å². The quantitative estimate of drug-likeness (QED) is 0.250. The number of carboxylic acid groups (broad SMARTS) is 1. The number of carboxylic acids is 1. The van der Waals surface area contributed by atoms with Gasteiger partial charge in [-0.3, -0.25) is 9.69 Å². The van der Waals surface area contributed by atoms with Gasteiger partial charge >= 0.3 is 5.97 Å². The first-order valence-electron chi connectivity index (χ1n) is 13.8. The number of anilines is 1. The third kappa shape index (κ3) is 9.11. The van der Waals surface area contributed by atoms with Crippen LogP contribution in [0.1, 0.15) is 47.3 Å². The molecule has 3 N–H and O–H groups in total. The van der Waals surface area contributed by atoms with Crippen molar-refractivity contribution in [1.82, 2.24) is 15.2 Å². The predicted octanol–water partition coefficient (Wildman–Crippen LogP) is 4.42. The van der Waals surface area contributed by atoms with Crippen molar-refractivity contribution < 1.29 is 19.4 Å². The SMILES string of the molecule is O=C(NC(CCN(CCCCc1ccc2c(n1)NCCC2)CCOc1ccccc1)C(=O)O)c1ccccc1. The predicted molar refractivity (Wildman–Crippen MR) is 152 cm³/mol. The Morgan fingerprint density at radius 1 is 0.974 bits per heavy atom. The molecule has 0 saturated heterocycles. The van der Waals surface area contributed by atoms with E-state index in [2.05, 4.69) is 27.7 Å². The molecule has 1 aliphatic heterocycles. The highest BCUT2D eigenvalue weighted by molar-refractivity contribution is 5.96. The molecule has 2 aromatic carbocycles. The van der Waals surface area contributed by atoms with Crippen LogP contribution in [-0.2, 0) is 17.6 Å². The molecule has 0 saturated carbocycles. The van der Waals surface area contributed by atoms with Gasteiger partial charge in [-0.2, -0.15) is 0 Å². The minimum atomic E-state index is -1.04. The van der Waals surface area contributed by atoms with E-state index in [0.29, 0.717) is 31.7 Å². The number of fused-ring (bicyclic) bond motifs is 1. The molecule has 8 heteroatoms. The Bertz CT molecular complexity index is 1190. The van der Waals surface area contributed by atoms with Crippen molar-refractivity contribution in [2.24, 2.45) is 0 Å². The van der Waals surface area contributed by atoms with E-state index in [4.69, 9.17) is 9.72 Å². The molecule has 3 aromatic rings. The number of rotatable bonds is 15. The molecule has 1 atom stereocenters. The van der Waals surface area contributed by atoms with Gasteiger partial charge in [0, 0.05) is 30.9 Å². The van der Waals surface area contributed by atoms with Crippen molar-refractivity contribution in [1.29, 1.82) is 0 Å². The number of hydrogen-bond donors (Lipinski definition) is 3. The number of nitrogens with zero attached hydrogens (tertiary/aromatic N) is 2. The number of pyridine rings is 1. The van der Waals surface area contributed by atoms with Crippen molar-refractivity contribution >= 4 is 17.7 Å². The van der Waals surface area contributed by atoms with E-state index < -0.39 is 12.0 Å². The second-order valence-corrected chi connectivity index (χ2v) is 9.82. The van der Waals surface area contributed by atoms with E-state index in [1.807, 2.05) is 36.4 Å². The summed E-state index contributed by atoms with van der Waals surface area (Å²) < 4.78 is 5.90. The number of amides is 1. The summed E-state index contributed by atoms with van der Waals surface area (Å²) in [7, 11) is 0. The minimum absolute atomic E-state index is 0.303. The number of aliphatic carboxylic acids is 1. The van der Waals surface area contributed by atoms with Crippen LogP contribution in [0.3, 0.4) is 0 Å². The number of nitrogens with one attached hydrogen (secondary N) is 2. The van der Waals surface area contributed by atoms with Crippen LogP contribution in [0.4, 0.5) is 5.82 Å². The molecule has 0 bridgehead atoms. The lowest BCUT2D eigenvalue weighted by Gasteiger charge is -2.24. The molecule has 1 unspecified atom stereocenters. The average molecular weight is 531 g/mol. The van der Waals surface area contributed by atoms with Gasteiger partial charge in [0.15, 0.2) is 0 Å². The van der Waals surface area contributed by atoms with Crippen LogP contribution in [0.5, 0.6) is 5.75 Å². The van der Waals surface area contributed by atoms with Crippen LogP contribution in [0.15, 0.2) is 72.8 Å². The first-order chi connectivity index (χ1) is 19.1. The fourth-order valence-corrected chi connectivity index (χ4v) is 4.69. The molecule has 0 aliphatic carbocycles. The number of aryl methyl sites for hydroxylation is 2. The molecule has 0 fully saturated rings. The maximum absolute atomic E-state index is 12.5. The molecule has 0 radical (unpaired) electrons. The molecular formula is C31H38N4O4. The molecular weight excluding hydrogens is 492 g/mol. The third-order valence-corrected chi connectivity index (χ3v) is 6.90. The molecule has 8 nitrogen and oxygen atoms in total. The molecule has 39 heavy (non-hydrogen) atoms. The Labute approximate surface area is 230 Å². The van der Waals surface area contributed by atoms with Crippen molar-refractivity contribution in [2.45, 2.75) is 44.6 Å². The zero-order valence-electron chi connectivity index (χ0n) is 22.4. The van der Waals surface area contributed by atoms with Crippen molar-refractivity contribution in [2.75, 3.05) is 38.1 Å². The molecule has 4 rings (SSSR count). The van der Waals surface area contributed by atoms with Crippen LogP contribution in [0.2, 0.25) is 0 Å². The van der Waals surface area contributed by atoms with E-state index in [1.54, 1.807) is 24.3 Å². The highest BCUT2D eigenvalue weighted by Gasteiger charge is 2.22. The Hall–Kier alpha value is -3.91. The number of hydrogen-bond acceptors (Lipinski definition) is 6. The Morgan fingerprint density at radius 2 is 1.74 bits per heavy atom. The first-order valence-corrected chi connectivity index (χ1v) is 13.8. The summed E-state index contributed by atoms with van der Waals surface area (Å²) in [6.45, 7) is 3.48. The molecule has 206 valence electrons. The van der Waals surface area contributed by atoms with Gasteiger partial charge in [-0.05, 0) is 81.0 Å². The second-order valence-electron chi connectivity index (χ2n) is 9.82. The van der Waals surface area contributed by atoms with Gasteiger partial charge in [0.25, 0.3) is 5.91 Å². The molecule has 1 aromatic heterocycles. The number of aromatic nitrogens is 1. The number of para-hydroxylation sites is 1. The summed E-state index contributed by atoms with van der Waals surface area (Å²) in [6, 6.07) is 21.7. The van der Waals surface area contributed by atoms with Crippen molar-refractivity contribution in [3.05, 3.63) is 89.6 Å². The number of carbonyl (C=O) groups excluding carboxylic acids is 1. The minimum Gasteiger partial charge on any atom is -0.492 e. The molecule has 0 spiro atoms. The first kappa shape index (κ1) is 28.1. The standard InChI is InChI=1S/C31H38N4O4/c36-30(25-10-3-1-4-11-25)34-28(31(37)38)18-21-35(22-23-39-27-14-5-2-6-15-27)20-8-7-13-26-17-16-24-12-9-19-32-29(24)33-26/h1-6,10-11,14-17,28H,7-9,12-13,18-23H2,(H,32,33)(H,34,36)(H,37,38). The summed E-state index contributed by atoms with van der Waals surface area (Å²) in [5.41, 5.74) is 2.83. The van der Waals surface area contributed by atoms with Crippen molar-refractivity contribution in [3.63, 3.8) is 0 Å². The summed E-state index contributed by atoms with van der Waals surface area (Å²) in [4.78, 5) is 31.5. The Kier molecular flexibility index (Phi) is 10.7. The molecule has 1 amide bonds. The van der Waals surface area contributed by atoms with Gasteiger partial charge in [0.1, 0.15) is 24.2 Å². The molecule has 1 aliphatic rings. The fourth-order valence-electron chi connectivity index (χ4n) is 4.69. The summed E-state index contributed by atoms with van der Waals surface area (Å²) in [5, 5.41) is 15.8. The fraction of sp³-hybridized carbons (Fsp3) is 0.387. The van der Waals surface area contributed by atoms with Gasteiger partial charge in [-0.25, -0.2) is 9.78 Å². The maximum atomic E-state index is 12.5. The van der Waals surface area contributed by atoms with Crippen LogP contribution < -0.4 is 15.4 Å². The van der Waals surface area contributed by atoms with Gasteiger partial charge < -0.3 is 20.5 Å². The van der Waals surface area contributed by atoms with Crippen LogP contribution in [0, 0.1) is 0 Å². The van der Waals surface area contributed by atoms with Gasteiger partial charge in [-0.15, -0.1) is 0 Å². The number of benzene rings is 2. The van der Waals surface area contributed by atoms with Crippen LogP contribution in [0.25, 0.3) is 0 Å². The summed E-state index contributed by atoms with van der Waals surface area (Å²) in [5.74, 6) is 0.416. The second kappa shape index (κ2) is 14.9. The van der Waals surface area contributed by atoms with E-state index in [0.717, 1.165) is 62.5 Å². The lowest BCUT2D eigenvalue weighted by molar-refractivity contribution is -0.139. The van der Waals surface area contributed by atoms with Crippen LogP contribution >= 0.6 is 0 Å². The smallest absolute Gasteiger partial charge is 0.326 e. The third-order valence-electron chi connectivity index (χ3n) is 6.90. The zero-order valence-corrected chi connectivity index (χ0v) is 22.4.